The van der Waals surface area contributed by atoms with Gasteiger partial charge in [-0.15, -0.1) is 0 Å². The van der Waals surface area contributed by atoms with Crippen LogP contribution < -0.4 is 40.0 Å². The fourth-order valence-corrected chi connectivity index (χ4v) is 4.03. The number of ether oxygens (including phenoxy) is 4. The maximum Gasteiger partial charge on any atom is 1.00 e. The Bertz CT molecular complexity index is 471. The van der Waals surface area contributed by atoms with Gasteiger partial charge >= 0.3 is 29.6 Å². The molecule has 2 N–H and O–H groups in total. The van der Waals surface area contributed by atoms with E-state index in [1.807, 2.05) is 0 Å². The Balaban J connectivity index is 0.00000450. The summed E-state index contributed by atoms with van der Waals surface area (Å²) >= 11 is 0. The van der Waals surface area contributed by atoms with Gasteiger partial charge in [0.1, 0.15) is 18.3 Å². The molecule has 8 nitrogen and oxygen atoms in total. The van der Waals surface area contributed by atoms with Crippen molar-refractivity contribution in [2.45, 2.75) is 108 Å². The summed E-state index contributed by atoms with van der Waals surface area (Å²) in [6.07, 6.45) is 8.88. The molecule has 2 aliphatic rings. The average Bonchev–Trinajstić information content (AvgIpc) is 2.71. The minimum atomic E-state index is -1.26. The van der Waals surface area contributed by atoms with Crippen LogP contribution in [0.1, 0.15) is 71.1 Å². The molecule has 0 saturated carbocycles. The maximum absolute atomic E-state index is 10.7. The number of carboxylic acid groups (broad SMARTS) is 1. The third-order valence-corrected chi connectivity index (χ3v) is 5.69. The SMILES string of the molecule is CCCCCCCCCCCC1OC[C@H]2O[C@@H](OC)[C@H](NCC(=O)[O-])[C@@H](O)[C@@H]2O1.[Na+]. The summed E-state index contributed by atoms with van der Waals surface area (Å²) in [4.78, 5) is 10.7. The number of fused-ring (bicyclic) bond motifs is 1. The molecule has 2 rings (SSSR count). The number of carbonyl (C=O) groups excluding carboxylic acids is 1. The number of methoxy groups -OCH3 is 1. The van der Waals surface area contributed by atoms with E-state index >= 15 is 0 Å². The second kappa shape index (κ2) is 15.9. The fourth-order valence-electron chi connectivity index (χ4n) is 4.03. The van der Waals surface area contributed by atoms with Crippen LogP contribution >= 0.6 is 0 Å². The first-order valence-corrected chi connectivity index (χ1v) is 11.1. The van der Waals surface area contributed by atoms with Gasteiger partial charge in [-0.05, 0) is 12.8 Å². The van der Waals surface area contributed by atoms with E-state index in [0.29, 0.717) is 6.61 Å². The zero-order chi connectivity index (χ0) is 21.1. The molecular weight excluding hydrogens is 401 g/mol. The molecule has 2 aliphatic heterocycles. The topological polar surface area (TPSA) is 109 Å². The van der Waals surface area contributed by atoms with Crippen molar-refractivity contribution in [1.82, 2.24) is 5.32 Å². The van der Waals surface area contributed by atoms with E-state index in [9.17, 15) is 15.0 Å². The van der Waals surface area contributed by atoms with Gasteiger partial charge in [0.2, 0.25) is 0 Å². The zero-order valence-electron chi connectivity index (χ0n) is 18.8. The average molecular weight is 440 g/mol. The molecule has 2 fully saturated rings. The molecule has 6 atom stereocenters. The van der Waals surface area contributed by atoms with Crippen molar-refractivity contribution in [3.8, 4) is 0 Å². The third kappa shape index (κ3) is 9.38. The second-order valence-corrected chi connectivity index (χ2v) is 8.03. The van der Waals surface area contributed by atoms with Crippen LogP contribution in [0.5, 0.6) is 0 Å². The molecule has 0 aliphatic carbocycles. The Labute approximate surface area is 202 Å². The molecule has 0 aromatic heterocycles. The molecular formula is C21H38NNaO7. The number of aliphatic carboxylic acids is 1. The van der Waals surface area contributed by atoms with Crippen LogP contribution in [0, 0.1) is 0 Å². The van der Waals surface area contributed by atoms with Crippen LogP contribution in [0.3, 0.4) is 0 Å². The van der Waals surface area contributed by atoms with E-state index in [4.69, 9.17) is 18.9 Å². The molecule has 0 bridgehead atoms. The first kappa shape index (κ1) is 28.3. The van der Waals surface area contributed by atoms with Crippen LogP contribution in [0.2, 0.25) is 0 Å². The summed E-state index contributed by atoms with van der Waals surface area (Å²) in [6.45, 7) is 2.15. The van der Waals surface area contributed by atoms with Crippen molar-refractivity contribution in [1.29, 1.82) is 0 Å². The first-order chi connectivity index (χ1) is 14.1. The molecule has 0 aromatic rings. The summed E-state index contributed by atoms with van der Waals surface area (Å²) in [5.41, 5.74) is 0. The molecule has 9 heteroatoms. The van der Waals surface area contributed by atoms with E-state index < -0.39 is 43.2 Å². The number of carboxylic acids is 1. The van der Waals surface area contributed by atoms with E-state index in [-0.39, 0.29) is 35.8 Å². The molecule has 0 aromatic carbocycles. The molecule has 0 spiro atoms. The number of hydrogen-bond donors (Lipinski definition) is 2. The van der Waals surface area contributed by atoms with E-state index in [1.165, 1.54) is 52.1 Å². The number of nitrogens with one attached hydrogen (secondary N) is 1. The fraction of sp³-hybridized carbons (Fsp3) is 0.952. The number of aliphatic hydroxyl groups is 1. The van der Waals surface area contributed by atoms with Gasteiger partial charge in [0.15, 0.2) is 12.6 Å². The zero-order valence-corrected chi connectivity index (χ0v) is 20.8. The van der Waals surface area contributed by atoms with Crippen LogP contribution in [-0.4, -0.2) is 68.3 Å². The molecule has 170 valence electrons. The van der Waals surface area contributed by atoms with Crippen molar-refractivity contribution in [2.24, 2.45) is 0 Å². The van der Waals surface area contributed by atoms with Crippen molar-refractivity contribution >= 4 is 5.97 Å². The largest absolute Gasteiger partial charge is 1.00 e. The summed E-state index contributed by atoms with van der Waals surface area (Å²) in [5, 5.41) is 24.2. The standard InChI is InChI=1S/C21H39NO7.Na/c1-3-4-5-6-7-8-9-10-11-12-17-27-14-15-20(29-17)19(25)18(21(26-2)28-15)22-13-16(23)24;/h15,17-22,25H,3-14H2,1-2H3,(H,23,24);/q;+1/p-1/t15-,17?,18-,19-,20-,21-;/m1./s1. The van der Waals surface area contributed by atoms with Crippen LogP contribution in [0.15, 0.2) is 0 Å². The molecule has 2 saturated heterocycles. The second-order valence-electron chi connectivity index (χ2n) is 8.03. The molecule has 2 heterocycles. The maximum atomic E-state index is 10.7. The Morgan fingerprint density at radius 3 is 2.33 bits per heavy atom. The number of carbonyl (C=O) groups is 1. The van der Waals surface area contributed by atoms with Crippen LogP contribution in [0.4, 0.5) is 0 Å². The summed E-state index contributed by atoms with van der Waals surface area (Å²) in [5.74, 6) is -1.26. The van der Waals surface area contributed by atoms with Gasteiger partial charge in [-0.3, -0.25) is 0 Å². The van der Waals surface area contributed by atoms with Crippen molar-refractivity contribution in [3.05, 3.63) is 0 Å². The Morgan fingerprint density at radius 1 is 1.10 bits per heavy atom. The minimum Gasteiger partial charge on any atom is -0.549 e. The number of aliphatic hydroxyl groups excluding tert-OH is 1. The predicted octanol–water partition coefficient (Wildman–Crippen LogP) is -1.91. The minimum absolute atomic E-state index is 0. The smallest absolute Gasteiger partial charge is 0.549 e. The Kier molecular flexibility index (Phi) is 15.0. The van der Waals surface area contributed by atoms with Crippen molar-refractivity contribution in [2.75, 3.05) is 20.3 Å². The number of rotatable bonds is 14. The molecule has 1 unspecified atom stereocenters. The number of hydrogen-bond acceptors (Lipinski definition) is 8. The van der Waals surface area contributed by atoms with Crippen molar-refractivity contribution < 1.29 is 63.5 Å². The molecule has 0 radical (unpaired) electrons. The molecule has 30 heavy (non-hydrogen) atoms. The van der Waals surface area contributed by atoms with Gasteiger partial charge in [0.05, 0.1) is 18.6 Å². The van der Waals surface area contributed by atoms with Gasteiger partial charge < -0.3 is 39.3 Å². The normalized spacial score (nSPS) is 31.0. The Morgan fingerprint density at radius 2 is 1.73 bits per heavy atom. The quantitative estimate of drug-likeness (QED) is 0.239. The number of unbranched alkanes of at least 4 members (excludes halogenated alkanes) is 8. The van der Waals surface area contributed by atoms with Gasteiger partial charge in [-0.1, -0.05) is 58.3 Å². The predicted molar refractivity (Wildman–Crippen MR) is 105 cm³/mol. The van der Waals surface area contributed by atoms with E-state index in [2.05, 4.69) is 12.2 Å². The summed E-state index contributed by atoms with van der Waals surface area (Å²) in [6, 6.07) is -0.717. The first-order valence-electron chi connectivity index (χ1n) is 11.1. The molecule has 0 amide bonds. The van der Waals surface area contributed by atoms with Gasteiger partial charge in [-0.25, -0.2) is 0 Å². The van der Waals surface area contributed by atoms with Crippen LogP contribution in [-0.2, 0) is 23.7 Å². The monoisotopic (exact) mass is 439 g/mol. The van der Waals surface area contributed by atoms with Gasteiger partial charge in [0, 0.05) is 13.7 Å². The van der Waals surface area contributed by atoms with Crippen molar-refractivity contribution in [3.63, 3.8) is 0 Å². The third-order valence-electron chi connectivity index (χ3n) is 5.69. The van der Waals surface area contributed by atoms with Gasteiger partial charge in [-0.2, -0.15) is 0 Å². The Hall–Kier alpha value is 0.230. The van der Waals surface area contributed by atoms with E-state index in [1.54, 1.807) is 0 Å². The summed E-state index contributed by atoms with van der Waals surface area (Å²) in [7, 11) is 1.45. The van der Waals surface area contributed by atoms with Gasteiger partial charge in [0.25, 0.3) is 0 Å². The van der Waals surface area contributed by atoms with E-state index in [0.717, 1.165) is 19.3 Å². The summed E-state index contributed by atoms with van der Waals surface area (Å²) < 4.78 is 22.7. The van der Waals surface area contributed by atoms with Crippen LogP contribution in [0.25, 0.3) is 0 Å².